The second-order valence-corrected chi connectivity index (χ2v) is 4.12. The maximum atomic E-state index is 12.9. The summed E-state index contributed by atoms with van der Waals surface area (Å²) in [7, 11) is 0. The van der Waals surface area contributed by atoms with Crippen LogP contribution in [0.3, 0.4) is 0 Å². The van der Waals surface area contributed by atoms with Gasteiger partial charge in [-0.2, -0.15) is 4.98 Å². The molecule has 0 aliphatic rings. The number of ether oxygens (including phenoxy) is 1. The molecule has 0 saturated carbocycles. The first-order valence-corrected chi connectivity index (χ1v) is 5.87. The quantitative estimate of drug-likeness (QED) is 0.815. The summed E-state index contributed by atoms with van der Waals surface area (Å²) in [4.78, 5) is 15.2. The summed E-state index contributed by atoms with van der Waals surface area (Å²) in [6, 6.07) is 4.02. The van der Waals surface area contributed by atoms with E-state index in [0.717, 1.165) is 0 Å². The van der Waals surface area contributed by atoms with Crippen LogP contribution in [0, 0.1) is 5.82 Å². The van der Waals surface area contributed by atoms with Gasteiger partial charge in [-0.25, -0.2) is 9.18 Å². The number of carbonyl (C=O) groups is 1. The Morgan fingerprint density at radius 3 is 3.00 bits per heavy atom. The van der Waals surface area contributed by atoms with Crippen molar-refractivity contribution in [1.82, 2.24) is 10.1 Å². The molecule has 1 aromatic carbocycles. The van der Waals surface area contributed by atoms with Gasteiger partial charge in [0.15, 0.2) is 0 Å². The number of nitrogens with zero attached hydrogens (tertiary/aromatic N) is 2. The lowest BCUT2D eigenvalue weighted by Crippen LogP contribution is -2.04. The molecule has 0 unspecified atom stereocenters. The lowest BCUT2D eigenvalue weighted by atomic mass is 10.2. The highest BCUT2D eigenvalue weighted by molar-refractivity contribution is 9.10. The van der Waals surface area contributed by atoms with Crippen LogP contribution in [0.1, 0.15) is 17.6 Å². The zero-order valence-electron chi connectivity index (χ0n) is 9.31. The van der Waals surface area contributed by atoms with E-state index in [1.165, 1.54) is 18.2 Å². The van der Waals surface area contributed by atoms with Gasteiger partial charge in [-0.3, -0.25) is 0 Å². The molecular weight excluding hydrogens is 307 g/mol. The van der Waals surface area contributed by atoms with Gasteiger partial charge in [0.05, 0.1) is 6.61 Å². The summed E-state index contributed by atoms with van der Waals surface area (Å²) in [6.07, 6.45) is 0. The summed E-state index contributed by atoms with van der Waals surface area (Å²) in [6.45, 7) is 1.89. The molecule has 0 bridgehead atoms. The number of hydrogen-bond donors (Lipinski definition) is 0. The minimum absolute atomic E-state index is 0.185. The average Bonchev–Trinajstić information content (AvgIpc) is 2.78. The van der Waals surface area contributed by atoms with Crippen molar-refractivity contribution >= 4 is 21.9 Å². The fraction of sp³-hybridized carbons (Fsp3) is 0.182. The largest absolute Gasteiger partial charge is 0.459 e. The van der Waals surface area contributed by atoms with Crippen molar-refractivity contribution in [3.05, 3.63) is 34.4 Å². The Balaban J connectivity index is 2.32. The van der Waals surface area contributed by atoms with Crippen LogP contribution >= 0.6 is 15.9 Å². The molecule has 0 amide bonds. The van der Waals surface area contributed by atoms with Crippen molar-refractivity contribution in [2.24, 2.45) is 0 Å². The monoisotopic (exact) mass is 314 g/mol. The van der Waals surface area contributed by atoms with Crippen LogP contribution in [0.15, 0.2) is 27.2 Å². The second kappa shape index (κ2) is 5.26. The Kier molecular flexibility index (Phi) is 3.71. The van der Waals surface area contributed by atoms with Crippen molar-refractivity contribution in [1.29, 1.82) is 0 Å². The molecule has 0 spiro atoms. The summed E-state index contributed by atoms with van der Waals surface area (Å²) >= 11 is 3.18. The van der Waals surface area contributed by atoms with Crippen LogP contribution in [0.25, 0.3) is 11.4 Å². The number of hydrogen-bond acceptors (Lipinski definition) is 5. The van der Waals surface area contributed by atoms with Crippen LogP contribution in [0.5, 0.6) is 0 Å². The summed E-state index contributed by atoms with van der Waals surface area (Å²) in [5, 5.41) is 3.64. The van der Waals surface area contributed by atoms with E-state index >= 15 is 0 Å². The minimum atomic E-state index is -0.686. The van der Waals surface area contributed by atoms with Crippen molar-refractivity contribution in [2.45, 2.75) is 6.92 Å². The standard InChI is InChI=1S/C11H8BrFN2O3/c1-2-17-11(16)10-14-9(15-18-10)7-4-3-6(13)5-8(7)12/h3-5H,2H2,1H3. The molecular formula is C11H8BrFN2O3. The summed E-state index contributed by atoms with van der Waals surface area (Å²) in [5.74, 6) is -1.12. The van der Waals surface area contributed by atoms with Crippen LogP contribution in [0.4, 0.5) is 4.39 Å². The van der Waals surface area contributed by atoms with Crippen molar-refractivity contribution in [2.75, 3.05) is 6.61 Å². The lowest BCUT2D eigenvalue weighted by Gasteiger charge is -1.98. The van der Waals surface area contributed by atoms with Gasteiger partial charge in [0.2, 0.25) is 5.82 Å². The normalized spacial score (nSPS) is 10.4. The molecule has 94 valence electrons. The Labute approximate surface area is 110 Å². The predicted octanol–water partition coefficient (Wildman–Crippen LogP) is 2.81. The van der Waals surface area contributed by atoms with Gasteiger partial charge in [-0.05, 0) is 41.1 Å². The number of halogens is 2. The van der Waals surface area contributed by atoms with E-state index in [2.05, 4.69) is 26.1 Å². The van der Waals surface area contributed by atoms with Crippen molar-refractivity contribution < 1.29 is 18.4 Å². The van der Waals surface area contributed by atoms with Gasteiger partial charge < -0.3 is 9.26 Å². The summed E-state index contributed by atoms with van der Waals surface area (Å²) < 4.78 is 22.9. The van der Waals surface area contributed by atoms with E-state index < -0.39 is 5.97 Å². The van der Waals surface area contributed by atoms with Gasteiger partial charge in [0.1, 0.15) is 5.82 Å². The van der Waals surface area contributed by atoms with Crippen LogP contribution in [0.2, 0.25) is 0 Å². The van der Waals surface area contributed by atoms with Gasteiger partial charge >= 0.3 is 11.9 Å². The number of carbonyl (C=O) groups excluding carboxylic acids is 1. The van der Waals surface area contributed by atoms with E-state index in [0.29, 0.717) is 10.0 Å². The van der Waals surface area contributed by atoms with Crippen LogP contribution in [-0.2, 0) is 4.74 Å². The maximum Gasteiger partial charge on any atom is 0.397 e. The third-order valence-electron chi connectivity index (χ3n) is 2.05. The van der Waals surface area contributed by atoms with Gasteiger partial charge in [0, 0.05) is 10.0 Å². The van der Waals surface area contributed by atoms with E-state index in [1.54, 1.807) is 6.92 Å². The van der Waals surface area contributed by atoms with Crippen LogP contribution in [-0.4, -0.2) is 22.7 Å². The molecule has 1 heterocycles. The van der Waals surface area contributed by atoms with E-state index in [9.17, 15) is 9.18 Å². The molecule has 0 N–H and O–H groups in total. The van der Waals surface area contributed by atoms with Gasteiger partial charge in [0.25, 0.3) is 0 Å². The third kappa shape index (κ3) is 2.56. The van der Waals surface area contributed by atoms with E-state index in [4.69, 9.17) is 9.26 Å². The molecule has 2 aromatic rings. The smallest absolute Gasteiger partial charge is 0.397 e. The Hall–Kier alpha value is -1.76. The SMILES string of the molecule is CCOC(=O)c1nc(-c2ccc(F)cc2Br)no1. The zero-order valence-corrected chi connectivity index (χ0v) is 10.9. The molecule has 7 heteroatoms. The highest BCUT2D eigenvalue weighted by Crippen LogP contribution is 2.26. The van der Waals surface area contributed by atoms with Crippen LogP contribution < -0.4 is 0 Å². The Bertz CT molecular complexity index is 585. The topological polar surface area (TPSA) is 65.2 Å². The molecule has 0 atom stereocenters. The highest BCUT2D eigenvalue weighted by atomic mass is 79.9. The molecule has 5 nitrogen and oxygen atoms in total. The molecule has 0 aliphatic heterocycles. The third-order valence-corrected chi connectivity index (χ3v) is 2.70. The highest BCUT2D eigenvalue weighted by Gasteiger charge is 2.18. The number of benzene rings is 1. The molecule has 18 heavy (non-hydrogen) atoms. The summed E-state index contributed by atoms with van der Waals surface area (Å²) in [5.41, 5.74) is 0.524. The predicted molar refractivity (Wildman–Crippen MR) is 63.3 cm³/mol. The van der Waals surface area contributed by atoms with Gasteiger partial charge in [-0.1, -0.05) is 5.16 Å². The number of aromatic nitrogens is 2. The minimum Gasteiger partial charge on any atom is -0.459 e. The Morgan fingerprint density at radius 1 is 1.56 bits per heavy atom. The Morgan fingerprint density at radius 2 is 2.33 bits per heavy atom. The fourth-order valence-corrected chi connectivity index (χ4v) is 1.81. The second-order valence-electron chi connectivity index (χ2n) is 3.27. The first-order valence-electron chi connectivity index (χ1n) is 5.08. The zero-order chi connectivity index (χ0) is 13.1. The molecule has 0 radical (unpaired) electrons. The maximum absolute atomic E-state index is 12.9. The molecule has 2 rings (SSSR count). The number of esters is 1. The molecule has 0 fully saturated rings. The van der Waals surface area contributed by atoms with E-state index in [-0.39, 0.29) is 24.1 Å². The van der Waals surface area contributed by atoms with Crippen molar-refractivity contribution in [3.8, 4) is 11.4 Å². The van der Waals surface area contributed by atoms with Gasteiger partial charge in [-0.15, -0.1) is 0 Å². The van der Waals surface area contributed by atoms with Crippen molar-refractivity contribution in [3.63, 3.8) is 0 Å². The molecule has 0 aliphatic carbocycles. The first kappa shape index (κ1) is 12.7. The fourth-order valence-electron chi connectivity index (χ4n) is 1.28. The number of rotatable bonds is 3. The lowest BCUT2D eigenvalue weighted by molar-refractivity contribution is 0.0470. The molecule has 1 aromatic heterocycles. The molecule has 0 saturated heterocycles. The average molecular weight is 315 g/mol. The first-order chi connectivity index (χ1) is 8.61. The van der Waals surface area contributed by atoms with E-state index in [1.807, 2.05) is 0 Å².